The normalized spacial score (nSPS) is 16.7. The number of H-pyrrole nitrogens is 1. The molecule has 1 fully saturated rings. The molecule has 0 spiro atoms. The van der Waals surface area contributed by atoms with E-state index in [1.165, 1.54) is 19.1 Å². The SMILES string of the molecule is COc1cc2nc(N3C(=O)C(=O)/C(=C(/O)c4cc(C(C)C)c(OC)cc4C)C3c3cccnc3)[nH]c2cc1OC. The summed E-state index contributed by atoms with van der Waals surface area (Å²) in [6.45, 7) is 5.84. The predicted molar refractivity (Wildman–Crippen MR) is 150 cm³/mol. The van der Waals surface area contributed by atoms with Gasteiger partial charge in [-0.3, -0.25) is 19.5 Å². The number of aliphatic hydroxyl groups is 1. The molecular formula is C30H30N4O6. The lowest BCUT2D eigenvalue weighted by molar-refractivity contribution is -0.132. The van der Waals surface area contributed by atoms with Crippen LogP contribution in [0.15, 0.2) is 54.4 Å². The van der Waals surface area contributed by atoms with Gasteiger partial charge in [0.05, 0.1) is 44.0 Å². The number of pyridine rings is 1. The minimum Gasteiger partial charge on any atom is -0.507 e. The van der Waals surface area contributed by atoms with E-state index in [1.807, 2.05) is 32.9 Å². The lowest BCUT2D eigenvalue weighted by Crippen LogP contribution is -2.30. The summed E-state index contributed by atoms with van der Waals surface area (Å²) in [5.41, 5.74) is 3.56. The number of benzene rings is 2. The Hall–Kier alpha value is -4.86. The summed E-state index contributed by atoms with van der Waals surface area (Å²) >= 11 is 0. The fourth-order valence-electron chi connectivity index (χ4n) is 5.07. The molecule has 2 N–H and O–H groups in total. The van der Waals surface area contributed by atoms with Crippen LogP contribution in [0.3, 0.4) is 0 Å². The van der Waals surface area contributed by atoms with Gasteiger partial charge in [0.25, 0.3) is 5.78 Å². The van der Waals surface area contributed by atoms with E-state index < -0.39 is 17.7 Å². The molecule has 10 heteroatoms. The third-order valence-electron chi connectivity index (χ3n) is 7.10. The summed E-state index contributed by atoms with van der Waals surface area (Å²) in [6.07, 6.45) is 3.16. The standard InChI is InChI=1S/C30H30N4O6/c1-15(2)18-11-19(16(3)10-22(18)38-4)27(35)25-26(17-8-7-9-31-14-17)34(29(37)28(25)36)30-32-20-12-23(39-5)24(40-6)13-21(20)33-30/h7-15,26,35H,1-6H3,(H,32,33)/b27-25+. The van der Waals surface area contributed by atoms with E-state index in [0.29, 0.717) is 45.0 Å². The molecule has 1 saturated heterocycles. The molecule has 2 aromatic heterocycles. The summed E-state index contributed by atoms with van der Waals surface area (Å²) in [5.74, 6) is -0.0933. The number of aryl methyl sites for hydroxylation is 1. The van der Waals surface area contributed by atoms with E-state index in [2.05, 4.69) is 15.0 Å². The highest BCUT2D eigenvalue weighted by atomic mass is 16.5. The van der Waals surface area contributed by atoms with Crippen molar-refractivity contribution < 1.29 is 28.9 Å². The van der Waals surface area contributed by atoms with E-state index in [1.54, 1.807) is 43.8 Å². The molecule has 0 radical (unpaired) electrons. The number of nitrogens with one attached hydrogen (secondary N) is 1. The zero-order valence-electron chi connectivity index (χ0n) is 23.1. The highest BCUT2D eigenvalue weighted by Crippen LogP contribution is 2.43. The Kier molecular flexibility index (Phi) is 6.93. The zero-order chi connectivity index (χ0) is 28.7. The summed E-state index contributed by atoms with van der Waals surface area (Å²) in [7, 11) is 4.63. The highest BCUT2D eigenvalue weighted by molar-refractivity contribution is 6.51. The molecule has 3 heterocycles. The molecule has 0 bridgehead atoms. The van der Waals surface area contributed by atoms with Gasteiger partial charge in [0.1, 0.15) is 11.5 Å². The van der Waals surface area contributed by atoms with Gasteiger partial charge in [0.2, 0.25) is 5.95 Å². The number of anilines is 1. The molecule has 0 aliphatic carbocycles. The van der Waals surface area contributed by atoms with Crippen LogP contribution >= 0.6 is 0 Å². The van der Waals surface area contributed by atoms with Crippen molar-refractivity contribution in [2.45, 2.75) is 32.7 Å². The molecule has 1 unspecified atom stereocenters. The summed E-state index contributed by atoms with van der Waals surface area (Å²) in [4.78, 5) is 40.4. The number of methoxy groups -OCH3 is 3. The van der Waals surface area contributed by atoms with Gasteiger partial charge in [-0.1, -0.05) is 19.9 Å². The first kappa shape index (κ1) is 26.7. The lowest BCUT2D eigenvalue weighted by atomic mass is 9.91. The molecule has 2 aromatic carbocycles. The number of ketones is 1. The first-order valence-corrected chi connectivity index (χ1v) is 12.7. The van der Waals surface area contributed by atoms with Crippen LogP contribution in [0.2, 0.25) is 0 Å². The second-order valence-corrected chi connectivity index (χ2v) is 9.80. The van der Waals surface area contributed by atoms with E-state index in [-0.39, 0.29) is 23.2 Å². The molecule has 0 saturated carbocycles. The number of aromatic amines is 1. The average molecular weight is 543 g/mol. The summed E-state index contributed by atoms with van der Waals surface area (Å²) in [6, 6.07) is 9.48. The summed E-state index contributed by atoms with van der Waals surface area (Å²) in [5, 5.41) is 11.7. The molecular weight excluding hydrogens is 512 g/mol. The topological polar surface area (TPSA) is 127 Å². The smallest absolute Gasteiger partial charge is 0.302 e. The van der Waals surface area contributed by atoms with Crippen molar-refractivity contribution in [1.29, 1.82) is 0 Å². The number of hydrogen-bond acceptors (Lipinski definition) is 8. The first-order chi connectivity index (χ1) is 19.2. The molecule has 4 aromatic rings. The maximum atomic E-state index is 13.6. The number of aliphatic hydroxyl groups excluding tert-OH is 1. The molecule has 40 heavy (non-hydrogen) atoms. The number of Topliss-reactive ketones (excluding diaryl/α,β-unsaturated/α-hetero) is 1. The number of amides is 1. The Morgan fingerprint density at radius 2 is 1.73 bits per heavy atom. The molecule has 206 valence electrons. The van der Waals surface area contributed by atoms with Crippen LogP contribution in [0.1, 0.15) is 48.1 Å². The van der Waals surface area contributed by atoms with Crippen molar-refractivity contribution in [3.63, 3.8) is 0 Å². The first-order valence-electron chi connectivity index (χ1n) is 12.7. The van der Waals surface area contributed by atoms with Gasteiger partial charge >= 0.3 is 5.91 Å². The fraction of sp³-hybridized carbons (Fsp3) is 0.267. The van der Waals surface area contributed by atoms with Crippen molar-refractivity contribution in [1.82, 2.24) is 15.0 Å². The average Bonchev–Trinajstić information content (AvgIpc) is 3.48. The number of hydrogen-bond donors (Lipinski definition) is 2. The van der Waals surface area contributed by atoms with Crippen LogP contribution in [0.5, 0.6) is 17.2 Å². The molecule has 1 aliphatic heterocycles. The quantitative estimate of drug-likeness (QED) is 0.189. The summed E-state index contributed by atoms with van der Waals surface area (Å²) < 4.78 is 16.3. The number of carbonyl (C=O) groups is 2. The number of ether oxygens (including phenoxy) is 3. The molecule has 5 rings (SSSR count). The van der Waals surface area contributed by atoms with E-state index in [4.69, 9.17) is 14.2 Å². The maximum absolute atomic E-state index is 13.6. The van der Waals surface area contributed by atoms with Gasteiger partial charge in [0, 0.05) is 30.1 Å². The van der Waals surface area contributed by atoms with Crippen molar-refractivity contribution in [3.8, 4) is 17.2 Å². The van der Waals surface area contributed by atoms with Crippen LogP contribution in [0.4, 0.5) is 5.95 Å². The van der Waals surface area contributed by atoms with Crippen LogP contribution in [0, 0.1) is 6.92 Å². The van der Waals surface area contributed by atoms with E-state index in [9.17, 15) is 14.7 Å². The Labute approximate surface area is 231 Å². The van der Waals surface area contributed by atoms with Crippen LogP contribution in [-0.4, -0.2) is 53.1 Å². The highest BCUT2D eigenvalue weighted by Gasteiger charge is 2.48. The molecule has 1 aliphatic rings. The van der Waals surface area contributed by atoms with E-state index >= 15 is 0 Å². The van der Waals surface area contributed by atoms with Crippen molar-refractivity contribution in [2.75, 3.05) is 26.2 Å². The number of aromatic nitrogens is 3. The second kappa shape index (κ2) is 10.4. The van der Waals surface area contributed by atoms with Gasteiger partial charge < -0.3 is 24.3 Å². The van der Waals surface area contributed by atoms with Crippen LogP contribution < -0.4 is 19.1 Å². The number of rotatable bonds is 7. The van der Waals surface area contributed by atoms with Gasteiger partial charge in [-0.15, -0.1) is 0 Å². The number of fused-ring (bicyclic) bond motifs is 1. The van der Waals surface area contributed by atoms with Crippen molar-refractivity contribution >= 4 is 34.4 Å². The minimum atomic E-state index is -0.984. The van der Waals surface area contributed by atoms with E-state index in [0.717, 1.165) is 5.56 Å². The largest absolute Gasteiger partial charge is 0.507 e. The van der Waals surface area contributed by atoms with Crippen LogP contribution in [0.25, 0.3) is 16.8 Å². The maximum Gasteiger partial charge on any atom is 0.302 e. The Morgan fingerprint density at radius 3 is 2.35 bits per heavy atom. The zero-order valence-corrected chi connectivity index (χ0v) is 23.1. The second-order valence-electron chi connectivity index (χ2n) is 9.80. The lowest BCUT2D eigenvalue weighted by Gasteiger charge is -2.23. The Morgan fingerprint density at radius 1 is 1.02 bits per heavy atom. The predicted octanol–water partition coefficient (Wildman–Crippen LogP) is 5.04. The molecule has 1 atom stereocenters. The van der Waals surface area contributed by atoms with Crippen molar-refractivity contribution in [2.24, 2.45) is 0 Å². The Bertz CT molecular complexity index is 1620. The van der Waals surface area contributed by atoms with Gasteiger partial charge in [-0.2, -0.15) is 0 Å². The third kappa shape index (κ3) is 4.31. The minimum absolute atomic E-state index is 0.0587. The number of carbonyl (C=O) groups excluding carboxylic acids is 2. The number of nitrogens with zero attached hydrogens (tertiary/aromatic N) is 3. The van der Waals surface area contributed by atoms with Gasteiger partial charge in [-0.05, 0) is 47.7 Å². The number of imidazole rings is 1. The van der Waals surface area contributed by atoms with Crippen LogP contribution in [-0.2, 0) is 9.59 Å². The fourth-order valence-corrected chi connectivity index (χ4v) is 5.07. The molecule has 10 nitrogen and oxygen atoms in total. The monoisotopic (exact) mass is 542 g/mol. The third-order valence-corrected chi connectivity index (χ3v) is 7.10. The van der Waals surface area contributed by atoms with Crippen molar-refractivity contribution in [3.05, 3.63) is 76.6 Å². The van der Waals surface area contributed by atoms with Gasteiger partial charge in [0.15, 0.2) is 11.5 Å². The molecule has 1 amide bonds. The van der Waals surface area contributed by atoms with Gasteiger partial charge in [-0.25, -0.2) is 4.98 Å². The Balaban J connectivity index is 1.73.